The van der Waals surface area contributed by atoms with E-state index in [2.05, 4.69) is 5.32 Å². The van der Waals surface area contributed by atoms with E-state index in [1.807, 2.05) is 0 Å². The zero-order valence-electron chi connectivity index (χ0n) is 11.4. The molecule has 6 heteroatoms. The molecule has 3 N–H and O–H groups in total. The molecular weight excluding hydrogens is 248 g/mol. The van der Waals surface area contributed by atoms with E-state index in [-0.39, 0.29) is 18.4 Å². The molecule has 106 valence electrons. The van der Waals surface area contributed by atoms with Crippen molar-refractivity contribution in [1.29, 1.82) is 0 Å². The van der Waals surface area contributed by atoms with E-state index in [4.69, 9.17) is 19.9 Å². The lowest BCUT2D eigenvalue weighted by Crippen LogP contribution is -2.28. The number of anilines is 1. The topological polar surface area (TPSA) is 82.8 Å². The minimum absolute atomic E-state index is 0.162. The first kappa shape index (κ1) is 15.3. The number of hydrogen-bond acceptors (Lipinski definition) is 5. The van der Waals surface area contributed by atoms with Gasteiger partial charge in [0.2, 0.25) is 5.91 Å². The van der Waals surface area contributed by atoms with Crippen molar-refractivity contribution in [3.8, 4) is 11.5 Å². The molecular formula is C13H20N2O4. The smallest absolute Gasteiger partial charge is 0.227 e. The number of nitrogens with one attached hydrogen (secondary N) is 1. The van der Waals surface area contributed by atoms with Gasteiger partial charge in [-0.25, -0.2) is 0 Å². The molecule has 0 aliphatic carbocycles. The van der Waals surface area contributed by atoms with Gasteiger partial charge >= 0.3 is 0 Å². The van der Waals surface area contributed by atoms with E-state index >= 15 is 0 Å². The van der Waals surface area contributed by atoms with Crippen molar-refractivity contribution in [3.63, 3.8) is 0 Å². The van der Waals surface area contributed by atoms with Gasteiger partial charge in [-0.15, -0.1) is 0 Å². The number of methoxy groups -OCH3 is 3. The molecule has 0 bridgehead atoms. The Morgan fingerprint density at radius 3 is 2.47 bits per heavy atom. The third kappa shape index (κ3) is 4.42. The van der Waals surface area contributed by atoms with Crippen molar-refractivity contribution in [2.75, 3.05) is 33.2 Å². The highest BCUT2D eigenvalue weighted by Gasteiger charge is 2.12. The van der Waals surface area contributed by atoms with Crippen LogP contribution in [-0.2, 0) is 9.53 Å². The number of amides is 1. The molecule has 0 radical (unpaired) electrons. The molecule has 1 aromatic carbocycles. The molecule has 0 spiro atoms. The molecule has 19 heavy (non-hydrogen) atoms. The summed E-state index contributed by atoms with van der Waals surface area (Å²) < 4.78 is 15.3. The van der Waals surface area contributed by atoms with Gasteiger partial charge in [0.25, 0.3) is 0 Å². The highest BCUT2D eigenvalue weighted by molar-refractivity contribution is 5.91. The van der Waals surface area contributed by atoms with Crippen LogP contribution < -0.4 is 20.5 Å². The van der Waals surface area contributed by atoms with Gasteiger partial charge < -0.3 is 25.3 Å². The second kappa shape index (κ2) is 7.60. The predicted octanol–water partition coefficient (Wildman–Crippen LogP) is 1.01. The van der Waals surface area contributed by atoms with Crippen LogP contribution in [-0.4, -0.2) is 39.9 Å². The minimum atomic E-state index is -0.278. The summed E-state index contributed by atoms with van der Waals surface area (Å²) >= 11 is 0. The number of hydrogen-bond donors (Lipinski definition) is 2. The van der Waals surface area contributed by atoms with Crippen molar-refractivity contribution in [3.05, 3.63) is 18.2 Å². The summed E-state index contributed by atoms with van der Waals surface area (Å²) in [6.45, 7) is 0.301. The summed E-state index contributed by atoms with van der Waals surface area (Å²) in [4.78, 5) is 11.8. The Morgan fingerprint density at radius 1 is 1.26 bits per heavy atom. The molecule has 6 nitrogen and oxygen atoms in total. The Kier molecular flexibility index (Phi) is 6.11. The zero-order chi connectivity index (χ0) is 14.3. The maximum Gasteiger partial charge on any atom is 0.227 e. The molecule has 1 unspecified atom stereocenters. The lowest BCUT2D eigenvalue weighted by Gasteiger charge is -2.13. The van der Waals surface area contributed by atoms with Crippen LogP contribution in [0.4, 0.5) is 5.69 Å². The summed E-state index contributed by atoms with van der Waals surface area (Å²) in [6, 6.07) is 5.16. The standard InChI is InChI=1S/C13H20N2O4/c1-17-10(8-14)7-13(16)15-9-4-5-11(18-2)12(6-9)19-3/h4-6,10H,7-8,14H2,1-3H3,(H,15,16). The molecule has 0 fully saturated rings. The van der Waals surface area contributed by atoms with Crippen molar-refractivity contribution in [2.24, 2.45) is 5.73 Å². The second-order valence-corrected chi connectivity index (χ2v) is 3.92. The number of benzene rings is 1. The molecule has 0 aromatic heterocycles. The quantitative estimate of drug-likeness (QED) is 0.771. The summed E-state index contributed by atoms with van der Waals surface area (Å²) in [5.41, 5.74) is 6.10. The van der Waals surface area contributed by atoms with Gasteiger partial charge in [0.05, 0.1) is 26.7 Å². The first-order valence-electron chi connectivity index (χ1n) is 5.89. The molecule has 0 heterocycles. The zero-order valence-corrected chi connectivity index (χ0v) is 11.4. The molecule has 1 aromatic rings. The van der Waals surface area contributed by atoms with E-state index in [0.717, 1.165) is 0 Å². The lowest BCUT2D eigenvalue weighted by molar-refractivity contribution is -0.118. The fraction of sp³-hybridized carbons (Fsp3) is 0.462. The SMILES string of the molecule is COc1ccc(NC(=O)CC(CN)OC)cc1OC. The Hall–Kier alpha value is -1.79. The maximum atomic E-state index is 11.8. The van der Waals surface area contributed by atoms with Crippen LogP contribution in [0.25, 0.3) is 0 Å². The largest absolute Gasteiger partial charge is 0.493 e. The molecule has 1 amide bonds. The predicted molar refractivity (Wildman–Crippen MR) is 72.6 cm³/mol. The summed E-state index contributed by atoms with van der Waals surface area (Å²) in [5.74, 6) is 1.00. The Bertz CT molecular complexity index is 419. The van der Waals surface area contributed by atoms with Gasteiger partial charge in [-0.1, -0.05) is 0 Å². The van der Waals surface area contributed by atoms with E-state index in [0.29, 0.717) is 23.7 Å². The number of nitrogens with two attached hydrogens (primary N) is 1. The third-order valence-corrected chi connectivity index (χ3v) is 2.68. The fourth-order valence-corrected chi connectivity index (χ4v) is 1.60. The average molecular weight is 268 g/mol. The number of carbonyl (C=O) groups is 1. The van der Waals surface area contributed by atoms with Crippen LogP contribution in [0.1, 0.15) is 6.42 Å². The van der Waals surface area contributed by atoms with E-state index in [1.165, 1.54) is 7.11 Å². The number of carbonyl (C=O) groups excluding carboxylic acids is 1. The monoisotopic (exact) mass is 268 g/mol. The van der Waals surface area contributed by atoms with Crippen LogP contribution >= 0.6 is 0 Å². The third-order valence-electron chi connectivity index (χ3n) is 2.68. The van der Waals surface area contributed by atoms with Gasteiger partial charge in [-0.3, -0.25) is 4.79 Å². The number of ether oxygens (including phenoxy) is 3. The van der Waals surface area contributed by atoms with Crippen molar-refractivity contribution in [2.45, 2.75) is 12.5 Å². The summed E-state index contributed by atoms with van der Waals surface area (Å²) in [7, 11) is 4.63. The van der Waals surface area contributed by atoms with Gasteiger partial charge in [0.15, 0.2) is 11.5 Å². The molecule has 0 aliphatic heterocycles. The number of rotatable bonds is 7. The van der Waals surface area contributed by atoms with Gasteiger partial charge in [-0.05, 0) is 12.1 Å². The summed E-state index contributed by atoms with van der Waals surface area (Å²) in [5, 5.41) is 2.76. The van der Waals surface area contributed by atoms with E-state index in [9.17, 15) is 4.79 Å². The molecule has 0 saturated carbocycles. The van der Waals surface area contributed by atoms with Crippen LogP contribution in [0.5, 0.6) is 11.5 Å². The molecule has 0 aliphatic rings. The lowest BCUT2D eigenvalue weighted by atomic mass is 10.2. The van der Waals surface area contributed by atoms with Crippen molar-refractivity contribution < 1.29 is 19.0 Å². The van der Waals surface area contributed by atoms with Crippen LogP contribution in [0, 0.1) is 0 Å². The highest BCUT2D eigenvalue weighted by Crippen LogP contribution is 2.29. The first-order chi connectivity index (χ1) is 9.14. The van der Waals surface area contributed by atoms with Crippen molar-refractivity contribution >= 4 is 11.6 Å². The fourth-order valence-electron chi connectivity index (χ4n) is 1.60. The van der Waals surface area contributed by atoms with Crippen molar-refractivity contribution in [1.82, 2.24) is 0 Å². The van der Waals surface area contributed by atoms with Gasteiger partial charge in [0, 0.05) is 25.4 Å². The Balaban J connectivity index is 2.69. The first-order valence-corrected chi connectivity index (χ1v) is 5.89. The van der Waals surface area contributed by atoms with Crippen LogP contribution in [0.2, 0.25) is 0 Å². The second-order valence-electron chi connectivity index (χ2n) is 3.92. The molecule has 1 rings (SSSR count). The average Bonchev–Trinajstić information content (AvgIpc) is 2.44. The van der Waals surface area contributed by atoms with Crippen LogP contribution in [0.3, 0.4) is 0 Å². The van der Waals surface area contributed by atoms with Crippen LogP contribution in [0.15, 0.2) is 18.2 Å². The van der Waals surface area contributed by atoms with E-state index < -0.39 is 0 Å². The van der Waals surface area contributed by atoms with Gasteiger partial charge in [0.1, 0.15) is 0 Å². The Morgan fingerprint density at radius 2 is 1.95 bits per heavy atom. The minimum Gasteiger partial charge on any atom is -0.493 e. The Labute approximate surface area is 112 Å². The molecule has 0 saturated heterocycles. The van der Waals surface area contributed by atoms with E-state index in [1.54, 1.807) is 32.4 Å². The normalized spacial score (nSPS) is 11.8. The van der Waals surface area contributed by atoms with Gasteiger partial charge in [-0.2, -0.15) is 0 Å². The maximum absolute atomic E-state index is 11.8. The summed E-state index contributed by atoms with van der Waals surface area (Å²) in [6.07, 6.45) is -0.0680. The highest BCUT2D eigenvalue weighted by atomic mass is 16.5. The molecule has 1 atom stereocenters.